The van der Waals surface area contributed by atoms with Crippen LogP contribution in [0.1, 0.15) is 16.1 Å². The van der Waals surface area contributed by atoms with E-state index in [4.69, 9.17) is 0 Å². The summed E-state index contributed by atoms with van der Waals surface area (Å²) in [6, 6.07) is 4.25. The molecule has 0 aliphatic carbocycles. The molecule has 1 heterocycles. The number of aromatic nitrogens is 1. The number of nitrogens with zero attached hydrogens (tertiary/aromatic N) is 2. The number of hydrogen-bond donors (Lipinski definition) is 0. The molecule has 6 nitrogen and oxygen atoms in total. The minimum absolute atomic E-state index is 0.134. The minimum atomic E-state index is -0.602. The quantitative estimate of drug-likeness (QED) is 0.489. The summed E-state index contributed by atoms with van der Waals surface area (Å²) in [5, 5.41) is 13.0. The standard InChI is InChI=1S/C12H10N2O4S2/c1-7-6-19-12(13-7)20-10-4-3-8(11(15)18-2)5-9(10)14(16)17/h3-6H,1-2H3. The summed E-state index contributed by atoms with van der Waals surface area (Å²) < 4.78 is 5.27. The van der Waals surface area contributed by atoms with E-state index < -0.39 is 10.9 Å². The molecule has 0 aliphatic heterocycles. The average molecular weight is 310 g/mol. The lowest BCUT2D eigenvalue weighted by Crippen LogP contribution is -2.02. The first-order valence-corrected chi connectivity index (χ1v) is 7.17. The predicted molar refractivity (Wildman–Crippen MR) is 75.4 cm³/mol. The Morgan fingerprint density at radius 2 is 2.25 bits per heavy atom. The van der Waals surface area contributed by atoms with Crippen LogP contribution < -0.4 is 0 Å². The van der Waals surface area contributed by atoms with Crippen LogP contribution in [0.25, 0.3) is 0 Å². The second-order valence-electron chi connectivity index (χ2n) is 3.79. The monoisotopic (exact) mass is 310 g/mol. The summed E-state index contributed by atoms with van der Waals surface area (Å²) in [6.07, 6.45) is 0. The number of carbonyl (C=O) groups is 1. The van der Waals surface area contributed by atoms with Gasteiger partial charge in [-0.1, -0.05) is 11.8 Å². The molecule has 0 saturated heterocycles. The van der Waals surface area contributed by atoms with E-state index in [1.807, 2.05) is 12.3 Å². The van der Waals surface area contributed by atoms with Crippen molar-refractivity contribution in [2.45, 2.75) is 16.2 Å². The number of nitro benzene ring substituents is 1. The molecule has 0 saturated carbocycles. The summed E-state index contributed by atoms with van der Waals surface area (Å²) in [6.45, 7) is 1.86. The van der Waals surface area contributed by atoms with Crippen LogP contribution in [0.3, 0.4) is 0 Å². The van der Waals surface area contributed by atoms with Crippen LogP contribution in [0, 0.1) is 17.0 Å². The normalized spacial score (nSPS) is 10.3. The van der Waals surface area contributed by atoms with Crippen molar-refractivity contribution in [1.29, 1.82) is 0 Å². The molecule has 0 fully saturated rings. The zero-order chi connectivity index (χ0) is 14.7. The van der Waals surface area contributed by atoms with Gasteiger partial charge in [-0.3, -0.25) is 10.1 Å². The summed E-state index contributed by atoms with van der Waals surface area (Å²) in [4.78, 5) is 26.7. The van der Waals surface area contributed by atoms with E-state index in [-0.39, 0.29) is 11.3 Å². The van der Waals surface area contributed by atoms with Crippen LogP contribution in [-0.2, 0) is 4.74 Å². The van der Waals surface area contributed by atoms with Crippen LogP contribution in [0.4, 0.5) is 5.69 Å². The van der Waals surface area contributed by atoms with Gasteiger partial charge in [-0.2, -0.15) is 0 Å². The van der Waals surface area contributed by atoms with Crippen molar-refractivity contribution < 1.29 is 14.5 Å². The highest BCUT2D eigenvalue weighted by Gasteiger charge is 2.19. The Labute approximate surface area is 122 Å². The van der Waals surface area contributed by atoms with Crippen molar-refractivity contribution in [3.8, 4) is 0 Å². The zero-order valence-electron chi connectivity index (χ0n) is 10.7. The molecule has 0 amide bonds. The van der Waals surface area contributed by atoms with Gasteiger partial charge in [0.1, 0.15) is 0 Å². The van der Waals surface area contributed by atoms with Crippen LogP contribution in [0.2, 0.25) is 0 Å². The van der Waals surface area contributed by atoms with Gasteiger partial charge >= 0.3 is 5.97 Å². The molecule has 8 heteroatoms. The van der Waals surface area contributed by atoms with E-state index >= 15 is 0 Å². The number of benzene rings is 1. The highest BCUT2D eigenvalue weighted by molar-refractivity contribution is 8.01. The van der Waals surface area contributed by atoms with E-state index in [9.17, 15) is 14.9 Å². The fourth-order valence-corrected chi connectivity index (χ4v) is 3.34. The Balaban J connectivity index is 2.37. The Morgan fingerprint density at radius 1 is 1.50 bits per heavy atom. The highest BCUT2D eigenvalue weighted by Crippen LogP contribution is 2.36. The van der Waals surface area contributed by atoms with E-state index in [0.29, 0.717) is 4.90 Å². The van der Waals surface area contributed by atoms with E-state index in [0.717, 1.165) is 10.0 Å². The Morgan fingerprint density at radius 3 is 2.80 bits per heavy atom. The fourth-order valence-electron chi connectivity index (χ4n) is 1.46. The van der Waals surface area contributed by atoms with Gasteiger partial charge in [-0.05, 0) is 19.1 Å². The van der Waals surface area contributed by atoms with E-state index in [1.54, 1.807) is 0 Å². The number of nitro groups is 1. The lowest BCUT2D eigenvalue weighted by molar-refractivity contribution is -0.387. The van der Waals surface area contributed by atoms with Gasteiger partial charge in [0, 0.05) is 17.1 Å². The zero-order valence-corrected chi connectivity index (χ0v) is 12.3. The number of carbonyl (C=O) groups excluding carboxylic acids is 1. The van der Waals surface area contributed by atoms with Crippen molar-refractivity contribution in [3.63, 3.8) is 0 Å². The smallest absolute Gasteiger partial charge is 0.338 e. The summed E-state index contributed by atoms with van der Waals surface area (Å²) in [5.74, 6) is -0.602. The first-order chi connectivity index (χ1) is 9.51. The molecule has 2 aromatic rings. The van der Waals surface area contributed by atoms with Crippen molar-refractivity contribution in [2.75, 3.05) is 7.11 Å². The third kappa shape index (κ3) is 3.14. The highest BCUT2D eigenvalue weighted by atomic mass is 32.2. The van der Waals surface area contributed by atoms with Crippen LogP contribution in [-0.4, -0.2) is 23.0 Å². The molecule has 0 bridgehead atoms. The number of aryl methyl sites for hydroxylation is 1. The molecular formula is C12H10N2O4S2. The third-order valence-corrected chi connectivity index (χ3v) is 4.49. The lowest BCUT2D eigenvalue weighted by Gasteiger charge is -2.03. The molecule has 104 valence electrons. The molecule has 1 aromatic carbocycles. The molecule has 20 heavy (non-hydrogen) atoms. The van der Waals surface area contributed by atoms with Crippen LogP contribution in [0.5, 0.6) is 0 Å². The Kier molecular flexibility index (Phi) is 4.35. The van der Waals surface area contributed by atoms with Crippen molar-refractivity contribution >= 4 is 34.8 Å². The first kappa shape index (κ1) is 14.5. The first-order valence-electron chi connectivity index (χ1n) is 5.48. The SMILES string of the molecule is COC(=O)c1ccc(Sc2nc(C)cs2)c([N+](=O)[O-])c1. The van der Waals surface area contributed by atoms with Gasteiger partial charge in [0.15, 0.2) is 4.34 Å². The van der Waals surface area contributed by atoms with Crippen LogP contribution in [0.15, 0.2) is 32.8 Å². The number of methoxy groups -OCH3 is 1. The Bertz CT molecular complexity index is 669. The molecular weight excluding hydrogens is 300 g/mol. The van der Waals surface area contributed by atoms with Gasteiger partial charge in [0.2, 0.25) is 0 Å². The number of hydrogen-bond acceptors (Lipinski definition) is 7. The van der Waals surface area contributed by atoms with Crippen molar-refractivity contribution in [1.82, 2.24) is 4.98 Å². The molecule has 0 unspecified atom stereocenters. The maximum Gasteiger partial charge on any atom is 0.338 e. The van der Waals surface area contributed by atoms with Gasteiger partial charge in [0.05, 0.1) is 22.5 Å². The topological polar surface area (TPSA) is 82.3 Å². The van der Waals surface area contributed by atoms with Crippen LogP contribution >= 0.6 is 23.1 Å². The summed E-state index contributed by atoms with van der Waals surface area (Å²) in [5.41, 5.74) is 0.885. The molecule has 0 aliphatic rings. The molecule has 2 rings (SSSR count). The largest absolute Gasteiger partial charge is 0.465 e. The van der Waals surface area contributed by atoms with Gasteiger partial charge < -0.3 is 4.74 Å². The third-order valence-electron chi connectivity index (χ3n) is 2.37. The summed E-state index contributed by atoms with van der Waals surface area (Å²) in [7, 11) is 1.23. The molecule has 0 radical (unpaired) electrons. The number of thiazole rings is 1. The van der Waals surface area contributed by atoms with E-state index in [1.165, 1.54) is 48.4 Å². The molecule has 1 aromatic heterocycles. The fraction of sp³-hybridized carbons (Fsp3) is 0.167. The summed E-state index contributed by atoms with van der Waals surface area (Å²) >= 11 is 2.62. The van der Waals surface area contributed by atoms with Gasteiger partial charge in [0.25, 0.3) is 5.69 Å². The van der Waals surface area contributed by atoms with Crippen molar-refractivity contribution in [3.05, 3.63) is 45.0 Å². The minimum Gasteiger partial charge on any atom is -0.465 e. The number of esters is 1. The van der Waals surface area contributed by atoms with Crippen molar-refractivity contribution in [2.24, 2.45) is 0 Å². The predicted octanol–water partition coefficient (Wildman–Crippen LogP) is 3.30. The number of rotatable bonds is 4. The van der Waals surface area contributed by atoms with E-state index in [2.05, 4.69) is 9.72 Å². The average Bonchev–Trinajstić information content (AvgIpc) is 2.83. The second kappa shape index (κ2) is 6.02. The molecule has 0 atom stereocenters. The lowest BCUT2D eigenvalue weighted by atomic mass is 10.2. The number of ether oxygens (including phenoxy) is 1. The maximum absolute atomic E-state index is 11.4. The molecule has 0 N–H and O–H groups in total. The molecule has 0 spiro atoms. The second-order valence-corrected chi connectivity index (χ2v) is 5.94. The van der Waals surface area contributed by atoms with Gasteiger partial charge in [-0.25, -0.2) is 9.78 Å². The van der Waals surface area contributed by atoms with Gasteiger partial charge in [-0.15, -0.1) is 11.3 Å². The Hall–Kier alpha value is -1.93. The maximum atomic E-state index is 11.4.